The van der Waals surface area contributed by atoms with Crippen LogP contribution in [0.25, 0.3) is 0 Å². The van der Waals surface area contributed by atoms with E-state index in [2.05, 4.69) is 58.7 Å². The molecule has 0 radical (unpaired) electrons. The highest BCUT2D eigenvalue weighted by molar-refractivity contribution is 5.78. The summed E-state index contributed by atoms with van der Waals surface area (Å²) >= 11 is 0. The van der Waals surface area contributed by atoms with E-state index in [1.54, 1.807) is 0 Å². The van der Waals surface area contributed by atoms with Gasteiger partial charge in [0.15, 0.2) is 0 Å². The second kappa shape index (κ2) is 17.6. The Hall–Kier alpha value is -5.46. The van der Waals surface area contributed by atoms with Crippen LogP contribution in [0.3, 0.4) is 0 Å². The number of rotatable bonds is 8. The molecule has 1 N–H and O–H groups in total. The van der Waals surface area contributed by atoms with Crippen molar-refractivity contribution in [1.29, 1.82) is 0 Å². The zero-order valence-electron chi connectivity index (χ0n) is 32.0. The third kappa shape index (κ3) is 8.83. The molecule has 2 heterocycles. The van der Waals surface area contributed by atoms with E-state index < -0.39 is 0 Å². The Morgan fingerprint density at radius 3 is 1.94 bits per heavy atom. The standard InChI is InChI=1S/C42H50N4O8/c1-28-7-13-34-38(21-28)52-19-20-53-39-23-30(9-14-35(39)46(27-41(48)50-6)16-18-51-17-15-45(34)26-40(47)49-5)42-32-11-8-29(25-43-2)22-36(32)54-37-24-31(44(3)4)10-12-33(37)42/h7-14,21-24,42-43H,15-20,25-27H2,1-6H3. The molecular formula is C42H50N4O8. The number of nitrogens with zero attached hydrogens (tertiary/aromatic N) is 3. The topological polar surface area (TPSA) is 111 Å². The maximum atomic E-state index is 12.7. The number of carbonyl (C=O) groups excluding carboxylic acids is 2. The second-order valence-electron chi connectivity index (χ2n) is 13.6. The van der Waals surface area contributed by atoms with Crippen LogP contribution in [0.1, 0.15) is 33.7 Å². The van der Waals surface area contributed by atoms with Gasteiger partial charge in [-0.1, -0.05) is 30.3 Å². The average Bonchev–Trinajstić information content (AvgIpc) is 3.17. The number of methoxy groups -OCH3 is 2. The molecule has 54 heavy (non-hydrogen) atoms. The number of aryl methyl sites for hydroxylation is 1. The minimum atomic E-state index is -0.386. The van der Waals surface area contributed by atoms with E-state index >= 15 is 0 Å². The van der Waals surface area contributed by atoms with Gasteiger partial charge in [-0.05, 0) is 67.1 Å². The number of fused-ring (bicyclic) bond motifs is 4. The fraction of sp³-hybridized carbons (Fsp3) is 0.381. The summed E-state index contributed by atoms with van der Waals surface area (Å²) in [4.78, 5) is 31.0. The Balaban J connectivity index is 1.40. The zero-order valence-corrected chi connectivity index (χ0v) is 32.0. The number of benzene rings is 4. The van der Waals surface area contributed by atoms with Crippen molar-refractivity contribution in [3.63, 3.8) is 0 Å². The molecule has 6 rings (SSSR count). The van der Waals surface area contributed by atoms with E-state index in [0.29, 0.717) is 44.3 Å². The number of ether oxygens (including phenoxy) is 6. The van der Waals surface area contributed by atoms with E-state index in [1.165, 1.54) is 14.2 Å². The molecule has 1 unspecified atom stereocenters. The Morgan fingerprint density at radius 2 is 1.33 bits per heavy atom. The van der Waals surface area contributed by atoms with Gasteiger partial charge in [-0.3, -0.25) is 9.59 Å². The molecule has 1 atom stereocenters. The third-order valence-electron chi connectivity index (χ3n) is 9.63. The minimum Gasteiger partial charge on any atom is -0.488 e. The highest BCUT2D eigenvalue weighted by Gasteiger charge is 2.31. The van der Waals surface area contributed by atoms with Gasteiger partial charge in [0.05, 0.1) is 38.8 Å². The molecule has 0 saturated heterocycles. The number of nitrogens with one attached hydrogen (secondary N) is 1. The van der Waals surface area contributed by atoms with Crippen LogP contribution in [0, 0.1) is 6.92 Å². The molecule has 2 aliphatic heterocycles. The van der Waals surface area contributed by atoms with Crippen molar-refractivity contribution in [2.45, 2.75) is 19.4 Å². The van der Waals surface area contributed by atoms with Crippen LogP contribution in [0.2, 0.25) is 0 Å². The SMILES string of the molecule is CNCc1ccc2c(c1)Oc1cc(N(C)C)ccc1C2c1ccc2c(c1)OCCOc1cc(C)ccc1N(CC(=O)OC)CCOCCN2CC(=O)OC. The molecule has 2 aliphatic rings. The van der Waals surface area contributed by atoms with Crippen LogP contribution >= 0.6 is 0 Å². The predicted octanol–water partition coefficient (Wildman–Crippen LogP) is 5.51. The highest BCUT2D eigenvalue weighted by atomic mass is 16.5. The first kappa shape index (κ1) is 38.3. The number of esters is 2. The molecule has 12 heteroatoms. The van der Waals surface area contributed by atoms with Gasteiger partial charge >= 0.3 is 11.9 Å². The first-order valence-electron chi connectivity index (χ1n) is 18.2. The van der Waals surface area contributed by atoms with Crippen molar-refractivity contribution in [3.05, 3.63) is 101 Å². The monoisotopic (exact) mass is 738 g/mol. The van der Waals surface area contributed by atoms with E-state index in [0.717, 1.165) is 56.4 Å². The van der Waals surface area contributed by atoms with E-state index in [9.17, 15) is 9.59 Å². The van der Waals surface area contributed by atoms with Crippen LogP contribution < -0.4 is 34.2 Å². The summed E-state index contributed by atoms with van der Waals surface area (Å²) in [5, 5.41) is 3.24. The number of hydrogen-bond donors (Lipinski definition) is 1. The number of hydrogen-bond acceptors (Lipinski definition) is 12. The summed E-state index contributed by atoms with van der Waals surface area (Å²) in [6.45, 7) is 4.62. The molecule has 4 aromatic carbocycles. The van der Waals surface area contributed by atoms with Gasteiger partial charge in [-0.2, -0.15) is 0 Å². The largest absolute Gasteiger partial charge is 0.488 e. The summed E-state index contributed by atoms with van der Waals surface area (Å²) < 4.78 is 35.7. The Labute approximate surface area is 317 Å². The Morgan fingerprint density at radius 1 is 0.741 bits per heavy atom. The molecule has 286 valence electrons. The van der Waals surface area contributed by atoms with Gasteiger partial charge in [-0.15, -0.1) is 0 Å². The summed E-state index contributed by atoms with van der Waals surface area (Å²) in [7, 11) is 8.71. The van der Waals surface area contributed by atoms with Gasteiger partial charge in [-0.25, -0.2) is 0 Å². The van der Waals surface area contributed by atoms with Crippen LogP contribution in [0.15, 0.2) is 72.8 Å². The van der Waals surface area contributed by atoms with Crippen molar-refractivity contribution in [1.82, 2.24) is 5.32 Å². The van der Waals surface area contributed by atoms with Crippen molar-refractivity contribution in [2.24, 2.45) is 0 Å². The maximum Gasteiger partial charge on any atom is 0.325 e. The highest BCUT2D eigenvalue weighted by Crippen LogP contribution is 2.49. The molecule has 0 aliphatic carbocycles. The fourth-order valence-electron chi connectivity index (χ4n) is 6.84. The predicted molar refractivity (Wildman–Crippen MR) is 209 cm³/mol. The van der Waals surface area contributed by atoms with Gasteiger partial charge in [0.25, 0.3) is 0 Å². The maximum absolute atomic E-state index is 12.7. The Kier molecular flexibility index (Phi) is 12.5. The summed E-state index contributed by atoms with van der Waals surface area (Å²) in [6, 6.07) is 24.7. The lowest BCUT2D eigenvalue weighted by molar-refractivity contribution is -0.139. The summed E-state index contributed by atoms with van der Waals surface area (Å²) in [5.41, 5.74) is 7.75. The zero-order chi connectivity index (χ0) is 38.2. The lowest BCUT2D eigenvalue weighted by Gasteiger charge is -2.31. The molecule has 4 aromatic rings. The van der Waals surface area contributed by atoms with E-state index in [4.69, 9.17) is 28.4 Å². The first-order chi connectivity index (χ1) is 26.2. The van der Waals surface area contributed by atoms with Crippen LogP contribution in [0.5, 0.6) is 23.0 Å². The molecule has 0 amide bonds. The van der Waals surface area contributed by atoms with Gasteiger partial charge in [0, 0.05) is 62.5 Å². The van der Waals surface area contributed by atoms with E-state index in [-0.39, 0.29) is 44.2 Å². The van der Waals surface area contributed by atoms with Gasteiger partial charge in [0.2, 0.25) is 0 Å². The van der Waals surface area contributed by atoms with Gasteiger partial charge in [0.1, 0.15) is 49.3 Å². The molecule has 0 saturated carbocycles. The van der Waals surface area contributed by atoms with Crippen molar-refractivity contribution in [3.8, 4) is 23.0 Å². The molecule has 0 spiro atoms. The van der Waals surface area contributed by atoms with E-state index in [1.807, 2.05) is 62.1 Å². The van der Waals surface area contributed by atoms with Crippen LogP contribution in [-0.4, -0.2) is 99.9 Å². The molecule has 0 aromatic heterocycles. The van der Waals surface area contributed by atoms with Gasteiger partial charge < -0.3 is 48.4 Å². The van der Waals surface area contributed by atoms with Crippen LogP contribution in [-0.2, 0) is 30.3 Å². The van der Waals surface area contributed by atoms with Crippen molar-refractivity contribution >= 4 is 29.0 Å². The quantitative estimate of drug-likeness (QED) is 0.203. The first-order valence-corrected chi connectivity index (χ1v) is 18.2. The van der Waals surface area contributed by atoms with Crippen molar-refractivity contribution < 1.29 is 38.0 Å². The lowest BCUT2D eigenvalue weighted by atomic mass is 9.82. The average molecular weight is 739 g/mol. The molecule has 0 fully saturated rings. The van der Waals surface area contributed by atoms with Crippen molar-refractivity contribution in [2.75, 3.05) is 103 Å². The lowest BCUT2D eigenvalue weighted by Crippen LogP contribution is -2.36. The summed E-state index contributed by atoms with van der Waals surface area (Å²) in [6.07, 6.45) is 0. The Bertz CT molecular complexity index is 1950. The third-order valence-corrected chi connectivity index (χ3v) is 9.63. The summed E-state index contributed by atoms with van der Waals surface area (Å²) in [5.74, 6) is 1.92. The fourth-order valence-corrected chi connectivity index (χ4v) is 6.84. The smallest absolute Gasteiger partial charge is 0.325 e. The molecule has 12 nitrogen and oxygen atoms in total. The molecular weight excluding hydrogens is 688 g/mol. The normalized spacial score (nSPS) is 15.7. The number of carbonyl (C=O) groups is 2. The van der Waals surface area contributed by atoms with Crippen LogP contribution in [0.4, 0.5) is 17.1 Å². The molecule has 0 bridgehead atoms. The minimum absolute atomic E-state index is 0.00423. The second-order valence-corrected chi connectivity index (χ2v) is 13.6. The number of anilines is 3.